The Morgan fingerprint density at radius 1 is 1.07 bits per heavy atom. The van der Waals surface area contributed by atoms with Crippen LogP contribution in [0.1, 0.15) is 15.9 Å². The van der Waals surface area contributed by atoms with Gasteiger partial charge in [-0.05, 0) is 48.4 Å². The van der Waals surface area contributed by atoms with Crippen LogP contribution in [0.25, 0.3) is 0 Å². The van der Waals surface area contributed by atoms with Gasteiger partial charge in [-0.2, -0.15) is 0 Å². The van der Waals surface area contributed by atoms with Crippen LogP contribution in [0.5, 0.6) is 5.75 Å². The lowest BCUT2D eigenvalue weighted by atomic mass is 10.1. The Bertz CT molecular complexity index is 959. The highest BCUT2D eigenvalue weighted by Gasteiger charge is 2.14. The molecule has 2 aromatic carbocycles. The van der Waals surface area contributed by atoms with Crippen molar-refractivity contribution < 1.29 is 18.3 Å². The average Bonchev–Trinajstić information content (AvgIpc) is 2.71. The third-order valence-electron chi connectivity index (χ3n) is 4.08. The Hall–Kier alpha value is -3.48. The summed E-state index contributed by atoms with van der Waals surface area (Å²) in [5.74, 6) is -1.01. The van der Waals surface area contributed by atoms with E-state index in [-0.39, 0.29) is 5.56 Å². The van der Waals surface area contributed by atoms with Gasteiger partial charge in [0.25, 0.3) is 5.91 Å². The third-order valence-corrected chi connectivity index (χ3v) is 4.08. The summed E-state index contributed by atoms with van der Waals surface area (Å²) in [4.78, 5) is 16.5. The lowest BCUT2D eigenvalue weighted by molar-refractivity contribution is 0.102. The van der Waals surface area contributed by atoms with Crippen molar-refractivity contribution in [3.8, 4) is 5.75 Å². The van der Waals surface area contributed by atoms with Gasteiger partial charge < -0.3 is 15.4 Å². The number of hydrogen-bond donors (Lipinski definition) is 2. The Labute approximate surface area is 161 Å². The number of benzene rings is 2. The van der Waals surface area contributed by atoms with Crippen LogP contribution in [-0.2, 0) is 6.42 Å². The molecule has 3 aromatic rings. The second kappa shape index (κ2) is 8.94. The number of rotatable bonds is 7. The molecular formula is C21H19F2N3O2. The zero-order valence-electron chi connectivity index (χ0n) is 15.2. The summed E-state index contributed by atoms with van der Waals surface area (Å²) >= 11 is 0. The van der Waals surface area contributed by atoms with Crippen molar-refractivity contribution in [2.75, 3.05) is 24.3 Å². The third kappa shape index (κ3) is 4.82. The van der Waals surface area contributed by atoms with E-state index in [1.165, 1.54) is 24.4 Å². The van der Waals surface area contributed by atoms with E-state index in [0.29, 0.717) is 12.4 Å². The Balaban J connectivity index is 1.62. The highest BCUT2D eigenvalue weighted by atomic mass is 19.1. The molecule has 1 amide bonds. The fourth-order valence-electron chi connectivity index (χ4n) is 2.63. The van der Waals surface area contributed by atoms with E-state index in [1.807, 2.05) is 24.3 Å². The molecule has 7 heteroatoms. The van der Waals surface area contributed by atoms with Gasteiger partial charge in [0.15, 0.2) is 0 Å². The number of pyridine rings is 1. The summed E-state index contributed by atoms with van der Waals surface area (Å²) in [6.07, 6.45) is 2.19. The molecule has 28 heavy (non-hydrogen) atoms. The molecule has 0 radical (unpaired) electrons. The number of carbonyl (C=O) groups is 1. The van der Waals surface area contributed by atoms with Gasteiger partial charge in [-0.25, -0.2) is 13.8 Å². The number of halogens is 2. The normalized spacial score (nSPS) is 10.4. The topological polar surface area (TPSA) is 63.2 Å². The fraction of sp³-hybridized carbons (Fsp3) is 0.143. The van der Waals surface area contributed by atoms with Gasteiger partial charge in [0.05, 0.1) is 7.11 Å². The molecule has 0 fully saturated rings. The number of para-hydroxylation sites is 1. The maximum Gasteiger partial charge on any atom is 0.256 e. The first kappa shape index (κ1) is 19.3. The number of anilines is 2. The SMILES string of the molecule is COc1cccc(CCNc2cc(C(=O)Nc3c(F)cccc3F)ccn2)c1. The molecule has 0 atom stereocenters. The van der Waals surface area contributed by atoms with E-state index < -0.39 is 23.2 Å². The van der Waals surface area contributed by atoms with Crippen LogP contribution in [0.3, 0.4) is 0 Å². The maximum atomic E-state index is 13.7. The molecule has 0 saturated carbocycles. The standard InChI is InChI=1S/C21H19F2N3O2/c1-28-16-5-2-4-14(12-16)8-10-24-19-13-15(9-11-25-19)21(27)26-20-17(22)6-3-7-18(20)23/h2-7,9,11-13H,8,10H2,1H3,(H,24,25)(H,26,27). The van der Waals surface area contributed by atoms with Crippen LogP contribution in [0.4, 0.5) is 20.3 Å². The smallest absolute Gasteiger partial charge is 0.256 e. The molecule has 0 spiro atoms. The molecule has 0 bridgehead atoms. The molecule has 0 aliphatic rings. The Morgan fingerprint density at radius 3 is 2.57 bits per heavy atom. The van der Waals surface area contributed by atoms with Crippen molar-refractivity contribution in [2.24, 2.45) is 0 Å². The first-order chi connectivity index (χ1) is 13.6. The van der Waals surface area contributed by atoms with Gasteiger partial charge in [-0.15, -0.1) is 0 Å². The summed E-state index contributed by atoms with van der Waals surface area (Å²) in [6.45, 7) is 0.590. The Morgan fingerprint density at radius 2 is 1.82 bits per heavy atom. The molecule has 0 unspecified atom stereocenters. The number of hydrogen-bond acceptors (Lipinski definition) is 4. The summed E-state index contributed by atoms with van der Waals surface area (Å²) in [5, 5.41) is 5.39. The van der Waals surface area contributed by atoms with Crippen molar-refractivity contribution in [1.82, 2.24) is 4.98 Å². The Kier molecular flexibility index (Phi) is 6.16. The van der Waals surface area contributed by atoms with Gasteiger partial charge in [0, 0.05) is 18.3 Å². The fourth-order valence-corrected chi connectivity index (χ4v) is 2.63. The number of amides is 1. The van der Waals surface area contributed by atoms with Gasteiger partial charge in [-0.1, -0.05) is 18.2 Å². The minimum absolute atomic E-state index is 0.238. The monoisotopic (exact) mass is 383 g/mol. The predicted molar refractivity (Wildman–Crippen MR) is 104 cm³/mol. The molecule has 144 valence electrons. The minimum atomic E-state index is -0.834. The zero-order valence-corrected chi connectivity index (χ0v) is 15.2. The molecule has 5 nitrogen and oxygen atoms in total. The average molecular weight is 383 g/mol. The molecule has 3 rings (SSSR count). The van der Waals surface area contributed by atoms with Crippen molar-refractivity contribution in [3.05, 3.63) is 83.6 Å². The molecule has 1 aromatic heterocycles. The highest BCUT2D eigenvalue weighted by molar-refractivity contribution is 6.04. The summed E-state index contributed by atoms with van der Waals surface area (Å²) in [7, 11) is 1.62. The van der Waals surface area contributed by atoms with Crippen molar-refractivity contribution in [2.45, 2.75) is 6.42 Å². The van der Waals surface area contributed by atoms with Gasteiger partial charge in [-0.3, -0.25) is 4.79 Å². The highest BCUT2D eigenvalue weighted by Crippen LogP contribution is 2.19. The maximum absolute atomic E-state index is 13.7. The number of carbonyl (C=O) groups excluding carboxylic acids is 1. The predicted octanol–water partition coefficient (Wildman–Crippen LogP) is 4.28. The zero-order chi connectivity index (χ0) is 19.9. The van der Waals surface area contributed by atoms with E-state index in [2.05, 4.69) is 15.6 Å². The number of nitrogens with zero attached hydrogens (tertiary/aromatic N) is 1. The van der Waals surface area contributed by atoms with Crippen LogP contribution in [-0.4, -0.2) is 24.5 Å². The molecule has 1 heterocycles. The summed E-state index contributed by atoms with van der Waals surface area (Å²) < 4.78 is 32.6. The molecule has 0 aliphatic carbocycles. The van der Waals surface area contributed by atoms with Crippen molar-refractivity contribution >= 4 is 17.4 Å². The number of aromatic nitrogens is 1. The van der Waals surface area contributed by atoms with Gasteiger partial charge in [0.1, 0.15) is 28.9 Å². The van der Waals surface area contributed by atoms with Crippen molar-refractivity contribution in [1.29, 1.82) is 0 Å². The second-order valence-electron chi connectivity index (χ2n) is 6.01. The number of ether oxygens (including phenoxy) is 1. The van der Waals surface area contributed by atoms with Crippen LogP contribution in [0.15, 0.2) is 60.8 Å². The first-order valence-corrected chi connectivity index (χ1v) is 8.65. The second-order valence-corrected chi connectivity index (χ2v) is 6.01. The van der Waals surface area contributed by atoms with Crippen LogP contribution in [0.2, 0.25) is 0 Å². The molecular weight excluding hydrogens is 364 g/mol. The van der Waals surface area contributed by atoms with Crippen molar-refractivity contribution in [3.63, 3.8) is 0 Å². The van der Waals surface area contributed by atoms with Gasteiger partial charge >= 0.3 is 0 Å². The van der Waals surface area contributed by atoms with E-state index in [1.54, 1.807) is 7.11 Å². The summed E-state index contributed by atoms with van der Waals surface area (Å²) in [6, 6.07) is 14.1. The molecule has 2 N–H and O–H groups in total. The van der Waals surface area contributed by atoms with E-state index in [4.69, 9.17) is 4.74 Å². The van der Waals surface area contributed by atoms with E-state index in [9.17, 15) is 13.6 Å². The summed E-state index contributed by atoms with van der Waals surface area (Å²) in [5.41, 5.74) is 0.856. The van der Waals surface area contributed by atoms with E-state index in [0.717, 1.165) is 29.9 Å². The molecule has 0 aliphatic heterocycles. The van der Waals surface area contributed by atoms with Gasteiger partial charge in [0.2, 0.25) is 0 Å². The van der Waals surface area contributed by atoms with Crippen LogP contribution < -0.4 is 15.4 Å². The first-order valence-electron chi connectivity index (χ1n) is 8.65. The lowest BCUT2D eigenvalue weighted by Crippen LogP contribution is -2.15. The minimum Gasteiger partial charge on any atom is -0.497 e. The largest absolute Gasteiger partial charge is 0.497 e. The number of nitrogens with one attached hydrogen (secondary N) is 2. The number of methoxy groups -OCH3 is 1. The molecule has 0 saturated heterocycles. The van der Waals surface area contributed by atoms with Crippen LogP contribution >= 0.6 is 0 Å². The van der Waals surface area contributed by atoms with E-state index >= 15 is 0 Å². The van der Waals surface area contributed by atoms with Crippen LogP contribution in [0, 0.1) is 11.6 Å². The quantitative estimate of drug-likeness (QED) is 0.639. The lowest BCUT2D eigenvalue weighted by Gasteiger charge is -2.10.